The molecule has 0 fully saturated rings. The SMILES string of the molecule is c1ccc([N]c2ncccn2)cc1. The molecule has 2 aromatic rings. The lowest BCUT2D eigenvalue weighted by Gasteiger charge is -1.98. The number of hydrogen-bond donors (Lipinski definition) is 0. The van der Waals surface area contributed by atoms with Crippen molar-refractivity contribution >= 4 is 11.6 Å². The molecular weight excluding hydrogens is 162 g/mol. The largest absolute Gasteiger partial charge is 0.249 e. The third-order valence-electron chi connectivity index (χ3n) is 1.54. The molecule has 0 saturated carbocycles. The number of para-hydroxylation sites is 1. The summed E-state index contributed by atoms with van der Waals surface area (Å²) in [6.45, 7) is 0. The van der Waals surface area contributed by atoms with Gasteiger partial charge in [-0.2, -0.15) is 0 Å². The number of benzene rings is 1. The number of rotatable bonds is 2. The summed E-state index contributed by atoms with van der Waals surface area (Å²) in [6, 6.07) is 11.4. The van der Waals surface area contributed by atoms with Gasteiger partial charge in [-0.3, -0.25) is 0 Å². The third-order valence-corrected chi connectivity index (χ3v) is 1.54. The third kappa shape index (κ3) is 2.02. The Morgan fingerprint density at radius 2 is 1.54 bits per heavy atom. The van der Waals surface area contributed by atoms with E-state index in [1.54, 1.807) is 18.5 Å². The van der Waals surface area contributed by atoms with E-state index in [1.165, 1.54) is 0 Å². The van der Waals surface area contributed by atoms with E-state index >= 15 is 0 Å². The molecule has 0 atom stereocenters. The Bertz CT molecular complexity index is 321. The molecule has 1 aromatic carbocycles. The Morgan fingerprint density at radius 3 is 2.23 bits per heavy atom. The van der Waals surface area contributed by atoms with Crippen LogP contribution in [-0.4, -0.2) is 9.97 Å². The highest BCUT2D eigenvalue weighted by molar-refractivity contribution is 5.40. The van der Waals surface area contributed by atoms with Crippen LogP contribution < -0.4 is 5.32 Å². The maximum Gasteiger partial charge on any atom is 0.249 e. The topological polar surface area (TPSA) is 39.9 Å². The maximum atomic E-state index is 4.22. The fourth-order valence-corrected chi connectivity index (χ4v) is 0.967. The van der Waals surface area contributed by atoms with Crippen molar-refractivity contribution in [1.82, 2.24) is 15.3 Å². The minimum Gasteiger partial charge on any atom is -0.220 e. The zero-order valence-corrected chi connectivity index (χ0v) is 6.96. The Morgan fingerprint density at radius 1 is 0.846 bits per heavy atom. The summed E-state index contributed by atoms with van der Waals surface area (Å²) >= 11 is 0. The van der Waals surface area contributed by atoms with Gasteiger partial charge in [0.1, 0.15) is 0 Å². The predicted molar refractivity (Wildman–Crippen MR) is 49.9 cm³/mol. The summed E-state index contributed by atoms with van der Waals surface area (Å²) in [6.07, 6.45) is 3.35. The molecule has 0 bridgehead atoms. The van der Waals surface area contributed by atoms with Gasteiger partial charge in [0, 0.05) is 12.4 Å². The van der Waals surface area contributed by atoms with Crippen LogP contribution in [0.15, 0.2) is 48.8 Å². The van der Waals surface area contributed by atoms with Crippen LogP contribution in [0.2, 0.25) is 0 Å². The monoisotopic (exact) mass is 170 g/mol. The fourth-order valence-electron chi connectivity index (χ4n) is 0.967. The second-order valence-corrected chi connectivity index (χ2v) is 2.50. The van der Waals surface area contributed by atoms with Crippen molar-refractivity contribution in [3.8, 4) is 0 Å². The van der Waals surface area contributed by atoms with Crippen LogP contribution in [0.3, 0.4) is 0 Å². The van der Waals surface area contributed by atoms with Gasteiger partial charge in [-0.25, -0.2) is 15.3 Å². The smallest absolute Gasteiger partial charge is 0.220 e. The van der Waals surface area contributed by atoms with Crippen molar-refractivity contribution in [1.29, 1.82) is 0 Å². The molecule has 0 aliphatic carbocycles. The first-order valence-electron chi connectivity index (χ1n) is 3.99. The molecule has 0 saturated heterocycles. The van der Waals surface area contributed by atoms with E-state index in [0.29, 0.717) is 5.95 Å². The first kappa shape index (κ1) is 7.73. The van der Waals surface area contributed by atoms with Crippen LogP contribution >= 0.6 is 0 Å². The summed E-state index contributed by atoms with van der Waals surface area (Å²) in [5.41, 5.74) is 0.869. The highest BCUT2D eigenvalue weighted by atomic mass is 15.1. The van der Waals surface area contributed by atoms with Crippen molar-refractivity contribution in [2.75, 3.05) is 0 Å². The summed E-state index contributed by atoms with van der Waals surface area (Å²) in [5.74, 6) is 0.494. The second kappa shape index (κ2) is 3.67. The molecule has 0 aliphatic heterocycles. The van der Waals surface area contributed by atoms with E-state index in [9.17, 15) is 0 Å². The van der Waals surface area contributed by atoms with E-state index in [0.717, 1.165) is 5.69 Å². The molecule has 3 nitrogen and oxygen atoms in total. The van der Waals surface area contributed by atoms with Gasteiger partial charge in [-0.1, -0.05) is 18.2 Å². The van der Waals surface area contributed by atoms with Gasteiger partial charge in [0.15, 0.2) is 0 Å². The first-order chi connectivity index (χ1) is 6.45. The van der Waals surface area contributed by atoms with E-state index < -0.39 is 0 Å². The van der Waals surface area contributed by atoms with Crippen LogP contribution in [0.4, 0.5) is 11.6 Å². The molecule has 0 spiro atoms. The van der Waals surface area contributed by atoms with Crippen LogP contribution in [0, 0.1) is 0 Å². The van der Waals surface area contributed by atoms with Crippen molar-refractivity contribution in [2.24, 2.45) is 0 Å². The van der Waals surface area contributed by atoms with Crippen molar-refractivity contribution in [2.45, 2.75) is 0 Å². The maximum absolute atomic E-state index is 4.22. The predicted octanol–water partition coefficient (Wildman–Crippen LogP) is 2.04. The number of nitrogens with zero attached hydrogens (tertiary/aromatic N) is 3. The molecule has 1 radical (unpaired) electrons. The van der Waals surface area contributed by atoms with Gasteiger partial charge in [0.25, 0.3) is 0 Å². The van der Waals surface area contributed by atoms with Crippen LogP contribution in [0.1, 0.15) is 0 Å². The Hall–Kier alpha value is -1.90. The number of hydrogen-bond acceptors (Lipinski definition) is 2. The first-order valence-corrected chi connectivity index (χ1v) is 3.99. The summed E-state index contributed by atoms with van der Waals surface area (Å²) in [5, 5.41) is 4.22. The quantitative estimate of drug-likeness (QED) is 0.691. The molecule has 0 unspecified atom stereocenters. The molecule has 1 aromatic heterocycles. The molecule has 0 amide bonds. The Kier molecular flexibility index (Phi) is 2.18. The fraction of sp³-hybridized carbons (Fsp3) is 0. The Labute approximate surface area is 76.5 Å². The molecule has 2 rings (SSSR count). The van der Waals surface area contributed by atoms with E-state index in [-0.39, 0.29) is 0 Å². The highest BCUT2D eigenvalue weighted by Crippen LogP contribution is 2.10. The van der Waals surface area contributed by atoms with E-state index in [2.05, 4.69) is 15.3 Å². The molecule has 63 valence electrons. The van der Waals surface area contributed by atoms with Crippen LogP contribution in [0.25, 0.3) is 0 Å². The molecule has 13 heavy (non-hydrogen) atoms. The zero-order chi connectivity index (χ0) is 8.93. The summed E-state index contributed by atoms with van der Waals surface area (Å²) in [7, 11) is 0. The average molecular weight is 170 g/mol. The Balaban J connectivity index is 2.16. The van der Waals surface area contributed by atoms with Gasteiger partial charge in [0.05, 0.1) is 5.69 Å². The average Bonchev–Trinajstić information content (AvgIpc) is 2.21. The second-order valence-electron chi connectivity index (χ2n) is 2.50. The summed E-state index contributed by atoms with van der Waals surface area (Å²) in [4.78, 5) is 7.99. The molecule has 0 aliphatic rings. The van der Waals surface area contributed by atoms with Gasteiger partial charge in [0.2, 0.25) is 5.95 Å². The van der Waals surface area contributed by atoms with Gasteiger partial charge in [-0.15, -0.1) is 0 Å². The van der Waals surface area contributed by atoms with Gasteiger partial charge >= 0.3 is 0 Å². The molecule has 0 N–H and O–H groups in total. The van der Waals surface area contributed by atoms with Crippen molar-refractivity contribution < 1.29 is 0 Å². The summed E-state index contributed by atoms with van der Waals surface area (Å²) < 4.78 is 0. The lowest BCUT2D eigenvalue weighted by atomic mass is 10.3. The zero-order valence-electron chi connectivity index (χ0n) is 6.96. The van der Waals surface area contributed by atoms with E-state index in [1.807, 2.05) is 30.3 Å². The van der Waals surface area contributed by atoms with Crippen LogP contribution in [0.5, 0.6) is 0 Å². The number of aromatic nitrogens is 2. The van der Waals surface area contributed by atoms with Crippen molar-refractivity contribution in [3.05, 3.63) is 48.8 Å². The van der Waals surface area contributed by atoms with Crippen molar-refractivity contribution in [3.63, 3.8) is 0 Å². The van der Waals surface area contributed by atoms with Gasteiger partial charge in [-0.05, 0) is 18.2 Å². The minimum absolute atomic E-state index is 0.494. The lowest BCUT2D eigenvalue weighted by molar-refractivity contribution is 1.01. The minimum atomic E-state index is 0.494. The standard InChI is InChI=1S/C10H8N3/c1-2-5-9(6-3-1)13-10-11-7-4-8-12-10/h1-8H. The molecule has 1 heterocycles. The van der Waals surface area contributed by atoms with Gasteiger partial charge < -0.3 is 0 Å². The normalized spacial score (nSPS) is 9.54. The van der Waals surface area contributed by atoms with Crippen LogP contribution in [-0.2, 0) is 0 Å². The molecular formula is C10H8N3. The van der Waals surface area contributed by atoms with E-state index in [4.69, 9.17) is 0 Å². The molecule has 3 heteroatoms. The highest BCUT2D eigenvalue weighted by Gasteiger charge is 1.95. The lowest BCUT2D eigenvalue weighted by Crippen LogP contribution is -1.93.